The van der Waals surface area contributed by atoms with Crippen LogP contribution < -0.4 is 5.32 Å². The van der Waals surface area contributed by atoms with Crippen molar-refractivity contribution >= 4 is 5.91 Å². The first-order valence-electron chi connectivity index (χ1n) is 8.67. The number of aliphatic hydroxyl groups excluding tert-OH is 4. The number of aliphatic hydroxyl groups is 4. The summed E-state index contributed by atoms with van der Waals surface area (Å²) in [5.41, 5.74) is 1.22. The molecular formula is C18H28N2O5. The van der Waals surface area contributed by atoms with E-state index in [0.29, 0.717) is 6.54 Å². The van der Waals surface area contributed by atoms with E-state index >= 15 is 0 Å². The monoisotopic (exact) mass is 352 g/mol. The van der Waals surface area contributed by atoms with Crippen molar-refractivity contribution in [3.8, 4) is 0 Å². The molecule has 2 rings (SSSR count). The lowest BCUT2D eigenvalue weighted by Crippen LogP contribution is -2.70. The van der Waals surface area contributed by atoms with Crippen LogP contribution in [0.25, 0.3) is 0 Å². The third kappa shape index (κ3) is 4.56. The van der Waals surface area contributed by atoms with Crippen molar-refractivity contribution in [1.29, 1.82) is 0 Å². The van der Waals surface area contributed by atoms with Crippen molar-refractivity contribution < 1.29 is 25.2 Å². The Kier molecular flexibility index (Phi) is 7.34. The fourth-order valence-electron chi connectivity index (χ4n) is 3.45. The number of likely N-dealkylation sites (N-methyl/N-ethyl adjacent to an activating group) is 1. The van der Waals surface area contributed by atoms with Crippen molar-refractivity contribution in [3.05, 3.63) is 35.9 Å². The predicted molar refractivity (Wildman–Crippen MR) is 92.8 cm³/mol. The molecule has 1 aliphatic rings. The quantitative estimate of drug-likeness (QED) is 0.398. The predicted octanol–water partition coefficient (Wildman–Crippen LogP) is -1.12. The van der Waals surface area contributed by atoms with Gasteiger partial charge in [-0.25, -0.2) is 0 Å². The fraction of sp³-hybridized carbons (Fsp3) is 0.611. The zero-order valence-corrected chi connectivity index (χ0v) is 14.5. The number of aryl methyl sites for hydroxylation is 1. The Hall–Kier alpha value is -1.51. The van der Waals surface area contributed by atoms with Crippen LogP contribution in [0.15, 0.2) is 30.3 Å². The normalized spacial score (nSPS) is 30.2. The van der Waals surface area contributed by atoms with Crippen molar-refractivity contribution in [1.82, 2.24) is 10.2 Å². The van der Waals surface area contributed by atoms with Crippen molar-refractivity contribution in [2.24, 2.45) is 0 Å². The van der Waals surface area contributed by atoms with E-state index in [4.69, 9.17) is 0 Å². The Morgan fingerprint density at radius 3 is 2.36 bits per heavy atom. The first-order valence-corrected chi connectivity index (χ1v) is 8.67. The molecule has 1 aromatic carbocycles. The number of rotatable bonds is 7. The molecule has 0 saturated carbocycles. The summed E-state index contributed by atoms with van der Waals surface area (Å²) < 4.78 is 0. The molecule has 7 heteroatoms. The Morgan fingerprint density at radius 1 is 1.08 bits per heavy atom. The van der Waals surface area contributed by atoms with Gasteiger partial charge in [0.2, 0.25) is 5.91 Å². The number of likely N-dealkylation sites (tertiary alicyclic amines) is 1. The molecular weight excluding hydrogens is 324 g/mol. The average Bonchev–Trinajstić information content (AvgIpc) is 2.64. The molecule has 1 heterocycles. The first-order chi connectivity index (χ1) is 12.0. The summed E-state index contributed by atoms with van der Waals surface area (Å²) in [6.07, 6.45) is -1.71. The Bertz CT molecular complexity index is 542. The number of nitrogens with one attached hydrogen (secondary N) is 1. The lowest BCUT2D eigenvalue weighted by Gasteiger charge is -2.47. The van der Waals surface area contributed by atoms with Crippen molar-refractivity contribution in [2.75, 3.05) is 20.2 Å². The maximum Gasteiger partial charge on any atom is 0.239 e. The van der Waals surface area contributed by atoms with Crippen LogP contribution in [0.3, 0.4) is 0 Å². The third-order valence-corrected chi connectivity index (χ3v) is 4.88. The second-order valence-corrected chi connectivity index (χ2v) is 6.46. The smallest absolute Gasteiger partial charge is 0.239 e. The highest BCUT2D eigenvalue weighted by Gasteiger charge is 2.49. The summed E-state index contributed by atoms with van der Waals surface area (Å²) in [6, 6.07) is 8.23. The molecule has 1 saturated heterocycles. The van der Waals surface area contributed by atoms with Crippen LogP contribution in [0, 0.1) is 0 Å². The van der Waals surface area contributed by atoms with Gasteiger partial charge in [-0.15, -0.1) is 0 Å². The summed E-state index contributed by atoms with van der Waals surface area (Å²) in [4.78, 5) is 13.8. The van der Waals surface area contributed by atoms with E-state index in [2.05, 4.69) is 17.4 Å². The molecule has 140 valence electrons. The molecule has 1 aliphatic heterocycles. The molecule has 0 spiro atoms. The minimum Gasteiger partial charge on any atom is -0.395 e. The van der Waals surface area contributed by atoms with Crippen molar-refractivity contribution in [2.45, 2.75) is 49.7 Å². The molecule has 1 fully saturated rings. The average molecular weight is 352 g/mol. The minimum absolute atomic E-state index is 0.406. The molecule has 1 amide bonds. The van der Waals surface area contributed by atoms with E-state index in [-0.39, 0.29) is 0 Å². The van der Waals surface area contributed by atoms with E-state index in [1.54, 1.807) is 4.90 Å². The van der Waals surface area contributed by atoms with Gasteiger partial charge in [-0.3, -0.25) is 9.69 Å². The second-order valence-electron chi connectivity index (χ2n) is 6.46. The van der Waals surface area contributed by atoms with Crippen LogP contribution in [0.5, 0.6) is 0 Å². The zero-order valence-electron chi connectivity index (χ0n) is 14.5. The molecule has 0 unspecified atom stereocenters. The van der Waals surface area contributed by atoms with Crippen LogP contribution in [-0.4, -0.2) is 81.8 Å². The third-order valence-electron chi connectivity index (χ3n) is 4.88. The molecule has 5 N–H and O–H groups in total. The van der Waals surface area contributed by atoms with Crippen LogP contribution in [0.4, 0.5) is 0 Å². The lowest BCUT2D eigenvalue weighted by atomic mass is 9.87. The van der Waals surface area contributed by atoms with Gasteiger partial charge in [-0.1, -0.05) is 30.3 Å². The van der Waals surface area contributed by atoms with Gasteiger partial charge in [-0.05, 0) is 31.4 Å². The van der Waals surface area contributed by atoms with Gasteiger partial charge in [0.25, 0.3) is 0 Å². The Labute approximate surface area is 147 Å². The number of carbonyl (C=O) groups excluding carboxylic acids is 1. The maximum absolute atomic E-state index is 12.2. The molecule has 0 aliphatic carbocycles. The lowest BCUT2D eigenvalue weighted by molar-refractivity contribution is -0.178. The highest BCUT2D eigenvalue weighted by Crippen LogP contribution is 2.25. The highest BCUT2D eigenvalue weighted by atomic mass is 16.4. The molecule has 25 heavy (non-hydrogen) atoms. The topological polar surface area (TPSA) is 113 Å². The van der Waals surface area contributed by atoms with Gasteiger partial charge in [0.05, 0.1) is 12.6 Å². The van der Waals surface area contributed by atoms with Crippen molar-refractivity contribution in [3.63, 3.8) is 0 Å². The molecule has 0 bridgehead atoms. The molecule has 5 atom stereocenters. The van der Waals surface area contributed by atoms with Crippen LogP contribution in [0.1, 0.15) is 18.4 Å². The molecule has 0 aromatic heterocycles. The number of piperidine rings is 1. The number of nitrogens with zero attached hydrogens (tertiary/aromatic N) is 1. The summed E-state index contributed by atoms with van der Waals surface area (Å²) in [5.74, 6) is -0.444. The Morgan fingerprint density at radius 2 is 1.76 bits per heavy atom. The largest absolute Gasteiger partial charge is 0.395 e. The number of amides is 1. The number of unbranched alkanes of at least 4 members (excludes halogenated alkanes) is 1. The van der Waals surface area contributed by atoms with Gasteiger partial charge in [0, 0.05) is 7.05 Å². The Balaban J connectivity index is 2.02. The summed E-state index contributed by atoms with van der Waals surface area (Å²) in [7, 11) is 1.45. The maximum atomic E-state index is 12.2. The fourth-order valence-corrected chi connectivity index (χ4v) is 3.45. The summed E-state index contributed by atoms with van der Waals surface area (Å²) in [6.45, 7) is 0.0219. The SMILES string of the molecule is CNC(=O)[C@@H]1[C@@H](O)[C@@H](O)[C@H](O)[C@@H](CO)N1CCCCc1ccccc1. The van der Waals surface area contributed by atoms with E-state index in [9.17, 15) is 25.2 Å². The van der Waals surface area contributed by atoms with Gasteiger partial charge in [0.1, 0.15) is 24.4 Å². The number of hydrogen-bond acceptors (Lipinski definition) is 6. The van der Waals surface area contributed by atoms with E-state index in [1.807, 2.05) is 18.2 Å². The number of carbonyl (C=O) groups is 1. The number of benzene rings is 1. The van der Waals surface area contributed by atoms with Crippen LogP contribution in [0.2, 0.25) is 0 Å². The number of hydrogen-bond donors (Lipinski definition) is 5. The van der Waals surface area contributed by atoms with E-state index in [1.165, 1.54) is 12.6 Å². The van der Waals surface area contributed by atoms with E-state index < -0.39 is 42.9 Å². The van der Waals surface area contributed by atoms with Crippen LogP contribution in [-0.2, 0) is 11.2 Å². The molecule has 1 aromatic rings. The molecule has 0 radical (unpaired) electrons. The van der Waals surface area contributed by atoms with Gasteiger partial charge < -0.3 is 25.7 Å². The second kappa shape index (κ2) is 9.26. The van der Waals surface area contributed by atoms with Crippen LogP contribution >= 0.6 is 0 Å². The van der Waals surface area contributed by atoms with E-state index in [0.717, 1.165) is 19.3 Å². The zero-order chi connectivity index (χ0) is 18.4. The molecule has 7 nitrogen and oxygen atoms in total. The minimum atomic E-state index is -1.47. The van der Waals surface area contributed by atoms with Gasteiger partial charge in [0.15, 0.2) is 0 Å². The standard InChI is InChI=1S/C18H28N2O5/c1-19-18(25)14-16(23)17(24)15(22)13(11-21)20(14)10-6-5-9-12-7-3-2-4-8-12/h2-4,7-8,13-17,21-24H,5-6,9-11H2,1H3,(H,19,25)/t13-,14+,15-,16-,17+/m1/s1. The highest BCUT2D eigenvalue weighted by molar-refractivity contribution is 5.82. The first kappa shape index (κ1) is 19.8. The summed E-state index contributed by atoms with van der Waals surface area (Å²) >= 11 is 0. The van der Waals surface area contributed by atoms with Gasteiger partial charge in [-0.2, -0.15) is 0 Å². The summed E-state index contributed by atoms with van der Waals surface area (Å²) in [5, 5.41) is 42.5. The van der Waals surface area contributed by atoms with Gasteiger partial charge >= 0.3 is 0 Å².